The van der Waals surface area contributed by atoms with Crippen LogP contribution in [0.2, 0.25) is 0 Å². The number of hydrogen-bond acceptors (Lipinski definition) is 6. The first kappa shape index (κ1) is 13.3. The third kappa shape index (κ3) is 2.11. The fraction of sp³-hybridized carbons (Fsp3) is 0.600. The van der Waals surface area contributed by atoms with Crippen molar-refractivity contribution in [2.24, 2.45) is 0 Å². The number of aryl methyl sites for hydroxylation is 1. The average molecular weight is 275 g/mol. The summed E-state index contributed by atoms with van der Waals surface area (Å²) < 4.78 is 15.0. The van der Waals surface area contributed by atoms with Gasteiger partial charge in [0.1, 0.15) is 17.3 Å². The maximum atomic E-state index is 13.9. The molecule has 6 nitrogen and oxygen atoms in total. The standard InChI is InChI=1S/C10H14FN3O3S/c1-4-2-14(10(17)13-8(4)12)9-6(11)7(16)5(3-15)18-9/h2,5-7,9,15-16H,3H2,1H3,(H2,12,13,17)/t5-,6?,7?,9-/m1/s1. The van der Waals surface area contributed by atoms with Gasteiger partial charge in [-0.05, 0) is 6.92 Å². The number of alkyl halides is 1. The minimum atomic E-state index is -1.63. The molecular formula is C10H14FN3O3S. The fourth-order valence-electron chi connectivity index (χ4n) is 1.84. The van der Waals surface area contributed by atoms with Crippen LogP contribution < -0.4 is 11.4 Å². The van der Waals surface area contributed by atoms with Crippen molar-refractivity contribution in [1.82, 2.24) is 9.55 Å². The number of nitrogens with two attached hydrogens (primary N) is 1. The second kappa shape index (κ2) is 4.87. The summed E-state index contributed by atoms with van der Waals surface area (Å²) in [6, 6.07) is 0. The minimum absolute atomic E-state index is 0.105. The second-order valence-corrected chi connectivity index (χ2v) is 5.54. The number of aromatic nitrogens is 2. The van der Waals surface area contributed by atoms with Crippen LogP contribution in [-0.2, 0) is 0 Å². The molecule has 2 rings (SSSR count). The first-order valence-electron chi connectivity index (χ1n) is 5.39. The molecule has 1 aliphatic rings. The van der Waals surface area contributed by atoms with Crippen LogP contribution in [-0.4, -0.2) is 43.9 Å². The Morgan fingerprint density at radius 3 is 2.89 bits per heavy atom. The number of aliphatic hydroxyl groups excluding tert-OH is 2. The fourth-order valence-corrected chi connectivity index (χ4v) is 3.19. The minimum Gasteiger partial charge on any atom is -0.395 e. The van der Waals surface area contributed by atoms with E-state index < -0.39 is 28.6 Å². The Hall–Kier alpha value is -1.12. The maximum absolute atomic E-state index is 13.9. The van der Waals surface area contributed by atoms with Gasteiger partial charge in [-0.1, -0.05) is 0 Å². The van der Waals surface area contributed by atoms with Gasteiger partial charge in [0, 0.05) is 11.8 Å². The highest BCUT2D eigenvalue weighted by Gasteiger charge is 2.44. The summed E-state index contributed by atoms with van der Waals surface area (Å²) in [7, 11) is 0. The van der Waals surface area contributed by atoms with Crippen molar-refractivity contribution in [3.05, 3.63) is 22.2 Å². The number of aliphatic hydroxyl groups is 2. The van der Waals surface area contributed by atoms with E-state index >= 15 is 0 Å². The van der Waals surface area contributed by atoms with Gasteiger partial charge >= 0.3 is 5.69 Å². The summed E-state index contributed by atoms with van der Waals surface area (Å²) >= 11 is 1.02. The van der Waals surface area contributed by atoms with Crippen LogP contribution in [0.15, 0.2) is 11.0 Å². The zero-order valence-corrected chi connectivity index (χ0v) is 10.5. The van der Waals surface area contributed by atoms with Crippen LogP contribution in [0.1, 0.15) is 10.9 Å². The molecule has 1 saturated heterocycles. The van der Waals surface area contributed by atoms with Gasteiger partial charge in [-0.2, -0.15) is 4.98 Å². The molecule has 1 fully saturated rings. The van der Waals surface area contributed by atoms with Crippen LogP contribution in [0.25, 0.3) is 0 Å². The van der Waals surface area contributed by atoms with E-state index in [-0.39, 0.29) is 12.4 Å². The summed E-state index contributed by atoms with van der Waals surface area (Å²) in [5.74, 6) is 0.105. The highest BCUT2D eigenvalue weighted by Crippen LogP contribution is 2.42. The molecule has 18 heavy (non-hydrogen) atoms. The highest BCUT2D eigenvalue weighted by atomic mass is 32.2. The predicted molar refractivity (Wildman–Crippen MR) is 66.1 cm³/mol. The largest absolute Gasteiger partial charge is 0.395 e. The van der Waals surface area contributed by atoms with Crippen LogP contribution in [0, 0.1) is 6.92 Å². The van der Waals surface area contributed by atoms with Crippen LogP contribution in [0.5, 0.6) is 0 Å². The van der Waals surface area contributed by atoms with Gasteiger partial charge in [-0.15, -0.1) is 11.8 Å². The zero-order chi connectivity index (χ0) is 13.4. The lowest BCUT2D eigenvalue weighted by atomic mass is 10.1. The number of thioether (sulfide) groups is 1. The monoisotopic (exact) mass is 275 g/mol. The van der Waals surface area contributed by atoms with Crippen molar-refractivity contribution in [2.45, 2.75) is 29.8 Å². The Morgan fingerprint density at radius 2 is 2.33 bits per heavy atom. The van der Waals surface area contributed by atoms with Gasteiger partial charge in [0.25, 0.3) is 0 Å². The van der Waals surface area contributed by atoms with Crippen molar-refractivity contribution in [3.63, 3.8) is 0 Å². The lowest BCUT2D eigenvalue weighted by Gasteiger charge is -2.16. The zero-order valence-electron chi connectivity index (χ0n) is 9.65. The van der Waals surface area contributed by atoms with E-state index in [9.17, 15) is 14.3 Å². The Morgan fingerprint density at radius 1 is 1.67 bits per heavy atom. The van der Waals surface area contributed by atoms with E-state index in [2.05, 4.69) is 4.98 Å². The average Bonchev–Trinajstić information content (AvgIpc) is 2.61. The second-order valence-electron chi connectivity index (χ2n) is 4.18. The molecule has 0 saturated carbocycles. The third-order valence-corrected chi connectivity index (χ3v) is 4.47. The molecule has 0 aliphatic carbocycles. The Labute approximate surface area is 107 Å². The molecule has 8 heteroatoms. The Bertz CT molecular complexity index is 510. The number of halogens is 1. The van der Waals surface area contributed by atoms with E-state index in [0.29, 0.717) is 5.56 Å². The highest BCUT2D eigenvalue weighted by molar-refractivity contribution is 8.00. The lowest BCUT2D eigenvalue weighted by Crippen LogP contribution is -2.33. The first-order chi connectivity index (χ1) is 8.45. The normalized spacial score (nSPS) is 31.8. The van der Waals surface area contributed by atoms with Crippen LogP contribution in [0.4, 0.5) is 10.2 Å². The molecule has 0 spiro atoms. The van der Waals surface area contributed by atoms with Crippen molar-refractivity contribution >= 4 is 17.6 Å². The molecule has 1 aromatic rings. The molecule has 1 aromatic heterocycles. The molecule has 2 heterocycles. The van der Waals surface area contributed by atoms with E-state index in [1.54, 1.807) is 6.92 Å². The molecule has 0 amide bonds. The van der Waals surface area contributed by atoms with Gasteiger partial charge in [0.2, 0.25) is 0 Å². The molecule has 4 N–H and O–H groups in total. The predicted octanol–water partition coefficient (Wildman–Crippen LogP) is -0.561. The summed E-state index contributed by atoms with van der Waals surface area (Å²) in [5, 5.41) is 17.1. The molecule has 0 aromatic carbocycles. The number of anilines is 1. The van der Waals surface area contributed by atoms with Crippen molar-refractivity contribution < 1.29 is 14.6 Å². The van der Waals surface area contributed by atoms with E-state index in [1.165, 1.54) is 6.20 Å². The van der Waals surface area contributed by atoms with Gasteiger partial charge in [-0.25, -0.2) is 9.18 Å². The van der Waals surface area contributed by atoms with Crippen LogP contribution >= 0.6 is 11.8 Å². The summed E-state index contributed by atoms with van der Waals surface area (Å²) in [6.07, 6.45) is -1.51. The molecule has 2 unspecified atom stereocenters. The van der Waals surface area contributed by atoms with Crippen molar-refractivity contribution in [1.29, 1.82) is 0 Å². The van der Waals surface area contributed by atoms with E-state index in [1.807, 2.05) is 0 Å². The molecule has 4 atom stereocenters. The Balaban J connectivity index is 2.39. The van der Waals surface area contributed by atoms with Gasteiger partial charge in [0.15, 0.2) is 6.17 Å². The van der Waals surface area contributed by atoms with E-state index in [4.69, 9.17) is 10.8 Å². The van der Waals surface area contributed by atoms with E-state index in [0.717, 1.165) is 16.3 Å². The molecule has 0 bridgehead atoms. The molecule has 100 valence electrons. The summed E-state index contributed by atoms with van der Waals surface area (Å²) in [5.41, 5.74) is 5.39. The molecular weight excluding hydrogens is 261 g/mol. The summed E-state index contributed by atoms with van der Waals surface area (Å²) in [4.78, 5) is 15.3. The van der Waals surface area contributed by atoms with Gasteiger partial charge < -0.3 is 15.9 Å². The van der Waals surface area contributed by atoms with Crippen LogP contribution in [0.3, 0.4) is 0 Å². The lowest BCUT2D eigenvalue weighted by molar-refractivity contribution is 0.0631. The quantitative estimate of drug-likeness (QED) is 0.669. The van der Waals surface area contributed by atoms with Gasteiger partial charge in [-0.3, -0.25) is 4.57 Å². The number of nitrogens with zero attached hydrogens (tertiary/aromatic N) is 2. The van der Waals surface area contributed by atoms with Gasteiger partial charge in [0.05, 0.1) is 11.9 Å². The third-order valence-electron chi connectivity index (χ3n) is 2.92. The SMILES string of the molecule is Cc1cn([C@@H]2S[C@H](CO)C(O)C2F)c(=O)nc1N. The number of nitrogen functional groups attached to an aromatic ring is 1. The molecule has 1 aliphatic heterocycles. The number of rotatable bonds is 2. The maximum Gasteiger partial charge on any atom is 0.350 e. The molecule has 0 radical (unpaired) electrons. The van der Waals surface area contributed by atoms with Crippen molar-refractivity contribution in [3.8, 4) is 0 Å². The topological polar surface area (TPSA) is 101 Å². The Kier molecular flexibility index (Phi) is 3.60. The smallest absolute Gasteiger partial charge is 0.350 e. The van der Waals surface area contributed by atoms with Crippen molar-refractivity contribution in [2.75, 3.05) is 12.3 Å². The first-order valence-corrected chi connectivity index (χ1v) is 6.33. The summed E-state index contributed by atoms with van der Waals surface area (Å²) in [6.45, 7) is 1.31. The number of hydrogen-bond donors (Lipinski definition) is 3.